The molecule has 16 heavy (non-hydrogen) atoms. The van der Waals surface area contributed by atoms with Gasteiger partial charge < -0.3 is 9.72 Å². The molecule has 0 fully saturated rings. The Hall–Kier alpha value is -1.62. The van der Waals surface area contributed by atoms with E-state index in [2.05, 4.69) is 20.9 Å². The minimum atomic E-state index is -0.462. The van der Waals surface area contributed by atoms with Crippen LogP contribution >= 0.6 is 15.9 Å². The maximum absolute atomic E-state index is 11.5. The zero-order valence-corrected chi connectivity index (χ0v) is 10.00. The fourth-order valence-electron chi connectivity index (χ4n) is 1.43. The van der Waals surface area contributed by atoms with Crippen molar-refractivity contribution in [3.05, 3.63) is 39.1 Å². The van der Waals surface area contributed by atoms with Crippen LogP contribution in [0.5, 0.6) is 5.75 Å². The average Bonchev–Trinajstić information content (AvgIpc) is 2.24. The number of pyridine rings is 1. The first-order valence-electron chi connectivity index (χ1n) is 4.58. The monoisotopic (exact) mass is 281 g/mol. The fraction of sp³-hybridized carbons (Fsp3) is 0.0909. The van der Waals surface area contributed by atoms with E-state index in [0.29, 0.717) is 10.9 Å². The highest BCUT2D eigenvalue weighted by Crippen LogP contribution is 2.29. The van der Waals surface area contributed by atoms with Crippen LogP contribution in [0.4, 0.5) is 0 Å². The fourth-order valence-corrected chi connectivity index (χ4v) is 1.83. The molecule has 0 aliphatic carbocycles. The number of carbonyl (C=O) groups is 1. The van der Waals surface area contributed by atoms with E-state index in [9.17, 15) is 9.59 Å². The SMILES string of the molecule is CC(=O)Oc1c(Br)c(=O)[nH]c2ccccc12. The third kappa shape index (κ3) is 1.86. The van der Waals surface area contributed by atoms with Gasteiger partial charge in [-0.25, -0.2) is 0 Å². The number of hydrogen-bond donors (Lipinski definition) is 1. The number of aromatic nitrogens is 1. The second-order valence-corrected chi connectivity index (χ2v) is 4.03. The van der Waals surface area contributed by atoms with Crippen LogP contribution in [-0.4, -0.2) is 11.0 Å². The molecule has 1 N–H and O–H groups in total. The summed E-state index contributed by atoms with van der Waals surface area (Å²) in [5.74, 6) is -0.205. The third-order valence-electron chi connectivity index (χ3n) is 2.06. The molecular weight excluding hydrogens is 274 g/mol. The summed E-state index contributed by atoms with van der Waals surface area (Å²) >= 11 is 3.11. The van der Waals surface area contributed by atoms with Crippen molar-refractivity contribution in [3.63, 3.8) is 0 Å². The van der Waals surface area contributed by atoms with Crippen molar-refractivity contribution in [2.24, 2.45) is 0 Å². The molecule has 0 bridgehead atoms. The molecule has 0 atom stereocenters. The van der Waals surface area contributed by atoms with Crippen LogP contribution in [0.1, 0.15) is 6.92 Å². The molecule has 0 aliphatic rings. The van der Waals surface area contributed by atoms with Gasteiger partial charge in [0.05, 0.1) is 5.52 Å². The zero-order chi connectivity index (χ0) is 11.7. The smallest absolute Gasteiger partial charge is 0.308 e. The molecule has 0 unspecified atom stereocenters. The largest absolute Gasteiger partial charge is 0.425 e. The second-order valence-electron chi connectivity index (χ2n) is 3.24. The first-order valence-corrected chi connectivity index (χ1v) is 5.38. The summed E-state index contributed by atoms with van der Waals surface area (Å²) in [4.78, 5) is 25.2. The van der Waals surface area contributed by atoms with E-state index in [1.54, 1.807) is 24.3 Å². The van der Waals surface area contributed by atoms with Gasteiger partial charge in [0.2, 0.25) is 0 Å². The van der Waals surface area contributed by atoms with E-state index in [1.165, 1.54) is 6.92 Å². The van der Waals surface area contributed by atoms with Crippen LogP contribution in [0.25, 0.3) is 10.9 Å². The highest BCUT2D eigenvalue weighted by atomic mass is 79.9. The quantitative estimate of drug-likeness (QED) is 0.816. The first-order chi connectivity index (χ1) is 7.59. The number of para-hydroxylation sites is 1. The van der Waals surface area contributed by atoms with Gasteiger partial charge >= 0.3 is 5.97 Å². The summed E-state index contributed by atoms with van der Waals surface area (Å²) in [6.45, 7) is 1.29. The average molecular weight is 282 g/mol. The Balaban J connectivity index is 2.81. The highest BCUT2D eigenvalue weighted by molar-refractivity contribution is 9.10. The second kappa shape index (κ2) is 4.09. The molecule has 0 saturated carbocycles. The Labute approximate surface area is 99.4 Å². The first kappa shape index (κ1) is 10.9. The van der Waals surface area contributed by atoms with E-state index in [1.807, 2.05) is 0 Å². The van der Waals surface area contributed by atoms with Gasteiger partial charge in [0, 0.05) is 12.3 Å². The number of esters is 1. The number of aromatic amines is 1. The summed E-state index contributed by atoms with van der Waals surface area (Å²) in [6.07, 6.45) is 0. The van der Waals surface area contributed by atoms with Crippen LogP contribution in [0.15, 0.2) is 33.5 Å². The predicted octanol–water partition coefficient (Wildman–Crippen LogP) is 2.22. The number of H-pyrrole nitrogens is 1. The minimum absolute atomic E-state index is 0.224. The molecule has 0 radical (unpaired) electrons. The molecule has 2 aromatic rings. The van der Waals surface area contributed by atoms with Gasteiger partial charge in [0.15, 0.2) is 5.75 Å². The van der Waals surface area contributed by atoms with Crippen LogP contribution < -0.4 is 10.3 Å². The predicted molar refractivity (Wildman–Crippen MR) is 63.6 cm³/mol. The third-order valence-corrected chi connectivity index (χ3v) is 2.78. The topological polar surface area (TPSA) is 59.2 Å². The van der Waals surface area contributed by atoms with Crippen molar-refractivity contribution in [3.8, 4) is 5.75 Å². The van der Waals surface area contributed by atoms with Crippen LogP contribution in [-0.2, 0) is 4.79 Å². The van der Waals surface area contributed by atoms with Gasteiger partial charge in [0.1, 0.15) is 4.47 Å². The summed E-state index contributed by atoms with van der Waals surface area (Å²) in [6, 6.07) is 7.12. The van der Waals surface area contributed by atoms with Gasteiger partial charge in [-0.05, 0) is 28.1 Å². The van der Waals surface area contributed by atoms with Gasteiger partial charge in [0.25, 0.3) is 5.56 Å². The van der Waals surface area contributed by atoms with Crippen molar-refractivity contribution < 1.29 is 9.53 Å². The molecule has 4 nitrogen and oxygen atoms in total. The zero-order valence-electron chi connectivity index (χ0n) is 8.41. The Kier molecular flexibility index (Phi) is 2.78. The molecular formula is C11H8BrNO3. The van der Waals surface area contributed by atoms with Crippen LogP contribution in [0, 0.1) is 0 Å². The molecule has 82 valence electrons. The lowest BCUT2D eigenvalue weighted by molar-refractivity contribution is -0.131. The van der Waals surface area contributed by atoms with E-state index in [4.69, 9.17) is 4.74 Å². The molecule has 0 saturated heterocycles. The number of rotatable bonds is 1. The molecule has 5 heteroatoms. The standard InChI is InChI=1S/C11H8BrNO3/c1-6(14)16-10-7-4-2-3-5-8(7)13-11(15)9(10)12/h2-5H,1H3,(H,13,15). The Bertz CT molecular complexity index is 618. The van der Waals surface area contributed by atoms with E-state index in [0.717, 1.165) is 0 Å². The number of nitrogens with one attached hydrogen (secondary N) is 1. The molecule has 1 heterocycles. The van der Waals surface area contributed by atoms with Crippen molar-refractivity contribution in [1.82, 2.24) is 4.98 Å². The minimum Gasteiger partial charge on any atom is -0.425 e. The maximum Gasteiger partial charge on any atom is 0.308 e. The van der Waals surface area contributed by atoms with E-state index < -0.39 is 5.97 Å². The van der Waals surface area contributed by atoms with Crippen molar-refractivity contribution in [2.75, 3.05) is 0 Å². The number of benzene rings is 1. The normalized spacial score (nSPS) is 10.4. The summed E-state index contributed by atoms with van der Waals surface area (Å²) < 4.78 is 5.26. The number of carbonyl (C=O) groups excluding carboxylic acids is 1. The van der Waals surface area contributed by atoms with Crippen molar-refractivity contribution in [1.29, 1.82) is 0 Å². The highest BCUT2D eigenvalue weighted by Gasteiger charge is 2.12. The lowest BCUT2D eigenvalue weighted by Crippen LogP contribution is -2.11. The maximum atomic E-state index is 11.5. The summed E-state index contributed by atoms with van der Waals surface area (Å²) in [5.41, 5.74) is 0.307. The molecule has 0 aliphatic heterocycles. The number of halogens is 1. The summed E-state index contributed by atoms with van der Waals surface area (Å²) in [7, 11) is 0. The molecule has 1 aromatic carbocycles. The molecule has 0 amide bonds. The van der Waals surface area contributed by atoms with Gasteiger partial charge in [-0.1, -0.05) is 12.1 Å². The molecule has 1 aromatic heterocycles. The number of hydrogen-bond acceptors (Lipinski definition) is 3. The van der Waals surface area contributed by atoms with Crippen LogP contribution in [0.3, 0.4) is 0 Å². The van der Waals surface area contributed by atoms with Gasteiger partial charge in [-0.2, -0.15) is 0 Å². The summed E-state index contributed by atoms with van der Waals surface area (Å²) in [5, 5.41) is 0.684. The number of ether oxygens (including phenoxy) is 1. The lowest BCUT2D eigenvalue weighted by atomic mass is 10.2. The lowest BCUT2D eigenvalue weighted by Gasteiger charge is -2.07. The Morgan fingerprint density at radius 2 is 2.06 bits per heavy atom. The van der Waals surface area contributed by atoms with E-state index >= 15 is 0 Å². The molecule has 2 rings (SSSR count). The Morgan fingerprint density at radius 3 is 2.75 bits per heavy atom. The number of fused-ring (bicyclic) bond motifs is 1. The van der Waals surface area contributed by atoms with Crippen molar-refractivity contribution >= 4 is 32.8 Å². The molecule has 0 spiro atoms. The van der Waals surface area contributed by atoms with Gasteiger partial charge in [-0.15, -0.1) is 0 Å². The van der Waals surface area contributed by atoms with Gasteiger partial charge in [-0.3, -0.25) is 9.59 Å². The Morgan fingerprint density at radius 1 is 1.38 bits per heavy atom. The van der Waals surface area contributed by atoms with E-state index in [-0.39, 0.29) is 15.8 Å². The van der Waals surface area contributed by atoms with Crippen LogP contribution in [0.2, 0.25) is 0 Å². The van der Waals surface area contributed by atoms with Crippen molar-refractivity contribution in [2.45, 2.75) is 6.92 Å².